The first-order valence-corrected chi connectivity index (χ1v) is 8.85. The van der Waals surface area contributed by atoms with Crippen LogP contribution < -0.4 is 4.74 Å². The first-order chi connectivity index (χ1) is 11.4. The smallest absolute Gasteiger partial charge is 0.213 e. The van der Waals surface area contributed by atoms with Gasteiger partial charge in [-0.2, -0.15) is 0 Å². The Labute approximate surface area is 137 Å². The quantitative estimate of drug-likeness (QED) is 0.830. The normalized spacial score (nSPS) is 34.4. The highest BCUT2D eigenvalue weighted by Crippen LogP contribution is 2.35. The van der Waals surface area contributed by atoms with Gasteiger partial charge in [0, 0.05) is 38.0 Å². The highest BCUT2D eigenvalue weighted by molar-refractivity contribution is 5.09. The Balaban J connectivity index is 1.31. The van der Waals surface area contributed by atoms with Crippen molar-refractivity contribution in [2.75, 3.05) is 39.5 Å². The van der Waals surface area contributed by atoms with Crippen molar-refractivity contribution in [2.45, 2.75) is 31.4 Å². The van der Waals surface area contributed by atoms with Crippen LogP contribution >= 0.6 is 0 Å². The minimum Gasteiger partial charge on any atom is -0.477 e. The summed E-state index contributed by atoms with van der Waals surface area (Å²) in [4.78, 5) is 6.88. The van der Waals surface area contributed by atoms with Crippen molar-refractivity contribution < 1.29 is 14.2 Å². The number of hydrogen-bond acceptors (Lipinski definition) is 5. The Kier molecular flexibility index (Phi) is 4.78. The van der Waals surface area contributed by atoms with E-state index >= 15 is 0 Å². The van der Waals surface area contributed by atoms with Crippen molar-refractivity contribution in [2.24, 2.45) is 11.8 Å². The van der Waals surface area contributed by atoms with Crippen LogP contribution in [0.25, 0.3) is 0 Å². The molecule has 3 heterocycles. The third-order valence-corrected chi connectivity index (χ3v) is 5.37. The molecule has 1 aromatic rings. The second-order valence-electron chi connectivity index (χ2n) is 7.02. The molecule has 0 bridgehead atoms. The van der Waals surface area contributed by atoms with Crippen LogP contribution in [0.15, 0.2) is 24.4 Å². The molecule has 1 aliphatic carbocycles. The predicted octanol–water partition coefficient (Wildman–Crippen LogP) is 1.98. The molecule has 0 N–H and O–H groups in total. The molecule has 1 aromatic heterocycles. The van der Waals surface area contributed by atoms with E-state index in [1.54, 1.807) is 6.20 Å². The van der Waals surface area contributed by atoms with Crippen LogP contribution in [0.1, 0.15) is 19.3 Å². The van der Waals surface area contributed by atoms with Crippen molar-refractivity contribution in [3.63, 3.8) is 0 Å². The first kappa shape index (κ1) is 15.4. The Morgan fingerprint density at radius 2 is 2.22 bits per heavy atom. The Morgan fingerprint density at radius 1 is 1.22 bits per heavy atom. The summed E-state index contributed by atoms with van der Waals surface area (Å²) in [5.41, 5.74) is 0. The van der Waals surface area contributed by atoms with Gasteiger partial charge in [-0.1, -0.05) is 6.07 Å². The number of fused-ring (bicyclic) bond motifs is 1. The van der Waals surface area contributed by atoms with E-state index in [2.05, 4.69) is 9.88 Å². The summed E-state index contributed by atoms with van der Waals surface area (Å²) in [5.74, 6) is 1.99. The summed E-state index contributed by atoms with van der Waals surface area (Å²) >= 11 is 0. The number of rotatable bonds is 5. The summed E-state index contributed by atoms with van der Waals surface area (Å²) in [6, 6.07) is 6.35. The highest BCUT2D eigenvalue weighted by atomic mass is 16.5. The lowest BCUT2D eigenvalue weighted by molar-refractivity contribution is -0.0605. The molecule has 5 heteroatoms. The average molecular weight is 318 g/mol. The molecule has 1 saturated carbocycles. The number of aromatic nitrogens is 1. The molecule has 3 aliphatic rings. The van der Waals surface area contributed by atoms with Crippen LogP contribution in [0, 0.1) is 11.8 Å². The second kappa shape index (κ2) is 7.16. The molecule has 0 spiro atoms. The van der Waals surface area contributed by atoms with E-state index in [0.29, 0.717) is 24.0 Å². The van der Waals surface area contributed by atoms with Crippen LogP contribution in [0.5, 0.6) is 5.88 Å². The molecule has 126 valence electrons. The van der Waals surface area contributed by atoms with Crippen LogP contribution in [0.3, 0.4) is 0 Å². The molecule has 3 fully saturated rings. The maximum Gasteiger partial charge on any atom is 0.213 e. The van der Waals surface area contributed by atoms with E-state index in [4.69, 9.17) is 14.2 Å². The fourth-order valence-corrected chi connectivity index (χ4v) is 4.18. The highest BCUT2D eigenvalue weighted by Gasteiger charge is 2.41. The molecule has 0 amide bonds. The summed E-state index contributed by atoms with van der Waals surface area (Å²) in [5, 5.41) is 0. The van der Waals surface area contributed by atoms with E-state index in [0.717, 1.165) is 45.3 Å². The Hall–Kier alpha value is -1.17. The molecule has 0 radical (unpaired) electrons. The van der Waals surface area contributed by atoms with Gasteiger partial charge in [-0.25, -0.2) is 4.98 Å². The van der Waals surface area contributed by atoms with Gasteiger partial charge in [0.2, 0.25) is 5.88 Å². The van der Waals surface area contributed by atoms with Crippen molar-refractivity contribution in [1.82, 2.24) is 9.88 Å². The first-order valence-electron chi connectivity index (χ1n) is 8.85. The number of pyridine rings is 1. The summed E-state index contributed by atoms with van der Waals surface area (Å²) in [6.45, 7) is 5.70. The van der Waals surface area contributed by atoms with E-state index in [-0.39, 0.29) is 0 Å². The van der Waals surface area contributed by atoms with E-state index in [1.807, 2.05) is 18.2 Å². The monoisotopic (exact) mass is 318 g/mol. The molecular formula is C18H26N2O3. The van der Waals surface area contributed by atoms with Gasteiger partial charge in [-0.05, 0) is 37.2 Å². The van der Waals surface area contributed by atoms with Crippen molar-refractivity contribution >= 4 is 0 Å². The van der Waals surface area contributed by atoms with E-state index in [9.17, 15) is 0 Å². The zero-order valence-corrected chi connectivity index (χ0v) is 13.6. The maximum absolute atomic E-state index is 6.03. The topological polar surface area (TPSA) is 43.8 Å². The third kappa shape index (κ3) is 3.67. The van der Waals surface area contributed by atoms with Gasteiger partial charge in [0.25, 0.3) is 0 Å². The standard InChI is InChI=1S/C18H26N2O3/c1-2-5-19-18(3-1)23-13-15-9-16-17(10-15)22-8-6-20(16)11-14-4-7-21-12-14/h1-3,5,14-17H,4,6-13H2/t14-,15+,16+,17+/m0/s1. The second-order valence-corrected chi connectivity index (χ2v) is 7.02. The Morgan fingerprint density at radius 3 is 3.04 bits per heavy atom. The van der Waals surface area contributed by atoms with Crippen LogP contribution in [-0.2, 0) is 9.47 Å². The minimum atomic E-state index is 0.378. The number of ether oxygens (including phenoxy) is 3. The fourth-order valence-electron chi connectivity index (χ4n) is 4.18. The summed E-state index contributed by atoms with van der Waals surface area (Å²) in [6.07, 6.45) is 5.64. The van der Waals surface area contributed by atoms with Gasteiger partial charge in [0.1, 0.15) is 0 Å². The molecule has 2 saturated heterocycles. The Bertz CT molecular complexity index is 492. The van der Waals surface area contributed by atoms with Crippen molar-refractivity contribution in [3.8, 4) is 5.88 Å². The number of nitrogens with zero attached hydrogens (tertiary/aromatic N) is 2. The lowest BCUT2D eigenvalue weighted by Crippen LogP contribution is -2.50. The van der Waals surface area contributed by atoms with Gasteiger partial charge < -0.3 is 14.2 Å². The molecule has 23 heavy (non-hydrogen) atoms. The van der Waals surface area contributed by atoms with Crippen LogP contribution in [-0.4, -0.2) is 61.5 Å². The SMILES string of the molecule is c1ccc(OC[C@@H]2C[C@@H]3[C@@H](C2)OCCN3C[C@@H]2CCOC2)nc1. The lowest BCUT2D eigenvalue weighted by Gasteiger charge is -2.38. The van der Waals surface area contributed by atoms with Gasteiger partial charge in [-0.3, -0.25) is 4.90 Å². The van der Waals surface area contributed by atoms with Crippen LogP contribution in [0.4, 0.5) is 0 Å². The zero-order chi connectivity index (χ0) is 15.5. The molecule has 4 rings (SSSR count). The fraction of sp³-hybridized carbons (Fsp3) is 0.722. The molecule has 5 nitrogen and oxygen atoms in total. The van der Waals surface area contributed by atoms with Crippen molar-refractivity contribution in [3.05, 3.63) is 24.4 Å². The van der Waals surface area contributed by atoms with Gasteiger partial charge in [-0.15, -0.1) is 0 Å². The average Bonchev–Trinajstić information content (AvgIpc) is 3.23. The molecule has 4 atom stereocenters. The van der Waals surface area contributed by atoms with Gasteiger partial charge in [0.15, 0.2) is 0 Å². The third-order valence-electron chi connectivity index (χ3n) is 5.37. The largest absolute Gasteiger partial charge is 0.477 e. The summed E-state index contributed by atoms with van der Waals surface area (Å²) < 4.78 is 17.4. The predicted molar refractivity (Wildman–Crippen MR) is 86.5 cm³/mol. The van der Waals surface area contributed by atoms with E-state index in [1.165, 1.54) is 19.4 Å². The van der Waals surface area contributed by atoms with Crippen molar-refractivity contribution in [1.29, 1.82) is 0 Å². The number of hydrogen-bond donors (Lipinski definition) is 0. The summed E-state index contributed by atoms with van der Waals surface area (Å²) in [7, 11) is 0. The van der Waals surface area contributed by atoms with Gasteiger partial charge in [0.05, 0.1) is 25.9 Å². The maximum atomic E-state index is 6.03. The zero-order valence-electron chi connectivity index (χ0n) is 13.6. The van der Waals surface area contributed by atoms with Crippen LogP contribution in [0.2, 0.25) is 0 Å². The number of morpholine rings is 1. The molecule has 2 aliphatic heterocycles. The van der Waals surface area contributed by atoms with Gasteiger partial charge >= 0.3 is 0 Å². The minimum absolute atomic E-state index is 0.378. The van der Waals surface area contributed by atoms with E-state index < -0.39 is 0 Å². The molecule has 0 unspecified atom stereocenters. The molecular weight excluding hydrogens is 292 g/mol. The lowest BCUT2D eigenvalue weighted by atomic mass is 10.0. The molecule has 0 aromatic carbocycles.